The number of aryl methyl sites for hydroxylation is 1. The second-order valence-electron chi connectivity index (χ2n) is 5.19. The van der Waals surface area contributed by atoms with Crippen LogP contribution < -0.4 is 5.43 Å². The maximum atomic E-state index is 13.8. The highest BCUT2D eigenvalue weighted by Crippen LogP contribution is 2.37. The summed E-state index contributed by atoms with van der Waals surface area (Å²) in [5.41, 5.74) is -0.571. The lowest BCUT2D eigenvalue weighted by Gasteiger charge is -2.14. The molecule has 1 aromatic carbocycles. The molecule has 1 aliphatic rings. The number of carbonyl (C=O) groups is 1. The van der Waals surface area contributed by atoms with Gasteiger partial charge in [0.05, 0.1) is 18.0 Å². The molecular weight excluding hydrogens is 280 g/mol. The van der Waals surface area contributed by atoms with Gasteiger partial charge in [0.25, 0.3) is 0 Å². The Kier molecular flexibility index (Phi) is 3.04. The second kappa shape index (κ2) is 4.65. The molecule has 21 heavy (non-hydrogen) atoms. The number of benzene rings is 1. The van der Waals surface area contributed by atoms with Crippen molar-refractivity contribution in [3.05, 3.63) is 45.2 Å². The van der Waals surface area contributed by atoms with Gasteiger partial charge in [-0.3, -0.25) is 4.79 Å². The van der Waals surface area contributed by atoms with Crippen molar-refractivity contribution in [2.45, 2.75) is 25.8 Å². The van der Waals surface area contributed by atoms with E-state index in [0.717, 1.165) is 18.9 Å². The Hall–Kier alpha value is -2.24. The topological polar surface area (TPSA) is 48.3 Å². The van der Waals surface area contributed by atoms with Gasteiger partial charge in [0.2, 0.25) is 5.43 Å². The van der Waals surface area contributed by atoms with Crippen molar-refractivity contribution in [3.63, 3.8) is 0 Å². The van der Waals surface area contributed by atoms with E-state index in [1.165, 1.54) is 20.2 Å². The highest BCUT2D eigenvalue weighted by molar-refractivity contribution is 5.94. The summed E-state index contributed by atoms with van der Waals surface area (Å²) in [5, 5.41) is 0.0312. The summed E-state index contributed by atoms with van der Waals surface area (Å²) < 4.78 is 33.7. The molecule has 0 aliphatic heterocycles. The third-order valence-corrected chi connectivity index (χ3v) is 3.80. The van der Waals surface area contributed by atoms with Gasteiger partial charge in [-0.05, 0) is 19.8 Å². The lowest BCUT2D eigenvalue weighted by molar-refractivity contribution is 0.0598. The number of fused-ring (bicyclic) bond motifs is 1. The first-order chi connectivity index (χ1) is 9.95. The highest BCUT2D eigenvalue weighted by atomic mass is 19.2. The standard InChI is InChI=1S/C15H13F2NO3/c1-7-12-11(5-10(16)13(7)17)18(8-3-4-8)6-9(14(12)19)15(20)21-2/h5-6,8H,3-4H2,1-2H3. The summed E-state index contributed by atoms with van der Waals surface area (Å²) in [6, 6.07) is 1.11. The number of nitrogens with zero attached hydrogens (tertiary/aromatic N) is 1. The number of hydrogen-bond donors (Lipinski definition) is 0. The molecule has 1 aromatic heterocycles. The van der Waals surface area contributed by atoms with Gasteiger partial charge in [0, 0.05) is 23.9 Å². The van der Waals surface area contributed by atoms with Crippen LogP contribution in [0.1, 0.15) is 34.8 Å². The first kappa shape index (κ1) is 13.7. The van der Waals surface area contributed by atoms with Gasteiger partial charge >= 0.3 is 5.97 Å². The Morgan fingerprint density at radius 2 is 2.05 bits per heavy atom. The number of carbonyl (C=O) groups excluding carboxylic acids is 1. The van der Waals surface area contributed by atoms with Gasteiger partial charge in [-0.2, -0.15) is 0 Å². The molecule has 3 rings (SSSR count). The zero-order valence-electron chi connectivity index (χ0n) is 11.6. The summed E-state index contributed by atoms with van der Waals surface area (Å²) in [6.45, 7) is 1.33. The number of halogens is 2. The highest BCUT2D eigenvalue weighted by Gasteiger charge is 2.28. The normalized spacial score (nSPS) is 14.5. The van der Waals surface area contributed by atoms with Crippen molar-refractivity contribution >= 4 is 16.9 Å². The summed E-state index contributed by atoms with van der Waals surface area (Å²) in [6.07, 6.45) is 3.12. The Morgan fingerprint density at radius 3 is 2.62 bits per heavy atom. The van der Waals surface area contributed by atoms with E-state index >= 15 is 0 Å². The van der Waals surface area contributed by atoms with Crippen LogP contribution in [0.3, 0.4) is 0 Å². The Labute approximate surface area is 118 Å². The van der Waals surface area contributed by atoms with Gasteiger partial charge in [-0.1, -0.05) is 0 Å². The average Bonchev–Trinajstić information content (AvgIpc) is 3.28. The van der Waals surface area contributed by atoms with E-state index < -0.39 is 23.0 Å². The molecule has 0 amide bonds. The molecular formula is C15H13F2NO3. The van der Waals surface area contributed by atoms with Gasteiger partial charge in [0.1, 0.15) is 5.56 Å². The zero-order valence-corrected chi connectivity index (χ0v) is 11.6. The molecule has 1 aliphatic carbocycles. The van der Waals surface area contributed by atoms with Gasteiger partial charge in [-0.15, -0.1) is 0 Å². The van der Waals surface area contributed by atoms with Gasteiger partial charge < -0.3 is 9.30 Å². The Bertz CT molecular complexity index is 822. The van der Waals surface area contributed by atoms with Gasteiger partial charge in [-0.25, -0.2) is 13.6 Å². The SMILES string of the molecule is COC(=O)c1cn(C2CC2)c2cc(F)c(F)c(C)c2c1=O. The molecule has 1 saturated carbocycles. The van der Waals surface area contributed by atoms with E-state index in [1.807, 2.05) is 0 Å². The van der Waals surface area contributed by atoms with Crippen LogP contribution >= 0.6 is 0 Å². The molecule has 0 unspecified atom stereocenters. The first-order valence-electron chi connectivity index (χ1n) is 6.57. The fourth-order valence-corrected chi connectivity index (χ4v) is 2.54. The molecule has 0 radical (unpaired) electrons. The summed E-state index contributed by atoms with van der Waals surface area (Å²) >= 11 is 0. The lowest BCUT2D eigenvalue weighted by Crippen LogP contribution is -2.21. The van der Waals surface area contributed by atoms with Crippen LogP contribution in [-0.2, 0) is 4.74 Å². The fourth-order valence-electron chi connectivity index (χ4n) is 2.54. The molecule has 0 saturated heterocycles. The smallest absolute Gasteiger partial charge is 0.343 e. The predicted molar refractivity (Wildman–Crippen MR) is 72.5 cm³/mol. The van der Waals surface area contributed by atoms with Crippen molar-refractivity contribution in [1.29, 1.82) is 0 Å². The molecule has 110 valence electrons. The monoisotopic (exact) mass is 293 g/mol. The van der Waals surface area contributed by atoms with Crippen molar-refractivity contribution in [3.8, 4) is 0 Å². The Morgan fingerprint density at radius 1 is 1.38 bits per heavy atom. The van der Waals surface area contributed by atoms with E-state index in [2.05, 4.69) is 4.74 Å². The average molecular weight is 293 g/mol. The van der Waals surface area contributed by atoms with Crippen LogP contribution in [0, 0.1) is 18.6 Å². The van der Waals surface area contributed by atoms with Crippen molar-refractivity contribution < 1.29 is 18.3 Å². The number of esters is 1. The molecule has 6 heteroatoms. The largest absolute Gasteiger partial charge is 0.465 e. The van der Waals surface area contributed by atoms with E-state index in [0.29, 0.717) is 5.52 Å². The first-order valence-corrected chi connectivity index (χ1v) is 6.57. The number of aromatic nitrogens is 1. The van der Waals surface area contributed by atoms with Crippen LogP contribution in [0.15, 0.2) is 17.1 Å². The second-order valence-corrected chi connectivity index (χ2v) is 5.19. The van der Waals surface area contributed by atoms with E-state index in [4.69, 9.17) is 0 Å². The van der Waals surface area contributed by atoms with E-state index in [9.17, 15) is 18.4 Å². The quantitative estimate of drug-likeness (QED) is 0.800. The minimum atomic E-state index is -1.07. The lowest BCUT2D eigenvalue weighted by atomic mass is 10.0. The number of ether oxygens (including phenoxy) is 1. The third kappa shape index (κ3) is 2.02. The molecule has 0 N–H and O–H groups in total. The molecule has 0 spiro atoms. The molecule has 2 aromatic rings. The maximum Gasteiger partial charge on any atom is 0.343 e. The minimum Gasteiger partial charge on any atom is -0.465 e. The molecule has 1 heterocycles. The zero-order chi connectivity index (χ0) is 15.3. The number of hydrogen-bond acceptors (Lipinski definition) is 3. The third-order valence-electron chi connectivity index (χ3n) is 3.80. The maximum absolute atomic E-state index is 13.8. The van der Waals surface area contributed by atoms with Gasteiger partial charge in [0.15, 0.2) is 11.6 Å². The fraction of sp³-hybridized carbons (Fsp3) is 0.333. The number of rotatable bonds is 2. The number of pyridine rings is 1. The Balaban J connectivity index is 2.47. The summed E-state index contributed by atoms with van der Waals surface area (Å²) in [7, 11) is 1.17. The van der Waals surface area contributed by atoms with Crippen LogP contribution in [0.4, 0.5) is 8.78 Å². The summed E-state index contributed by atoms with van der Waals surface area (Å²) in [4.78, 5) is 24.1. The molecule has 0 bridgehead atoms. The van der Waals surface area contributed by atoms with E-state index in [1.54, 1.807) is 4.57 Å². The number of methoxy groups -OCH3 is 1. The molecule has 1 fully saturated rings. The predicted octanol–water partition coefficient (Wildman–Crippen LogP) is 2.71. The van der Waals surface area contributed by atoms with Crippen molar-refractivity contribution in [2.75, 3.05) is 7.11 Å². The van der Waals surface area contributed by atoms with E-state index in [-0.39, 0.29) is 22.6 Å². The molecule has 4 nitrogen and oxygen atoms in total. The van der Waals surface area contributed by atoms with Crippen LogP contribution in [-0.4, -0.2) is 17.6 Å². The minimum absolute atomic E-state index is 0.0312. The van der Waals surface area contributed by atoms with Crippen LogP contribution in [0.5, 0.6) is 0 Å². The van der Waals surface area contributed by atoms with Crippen molar-refractivity contribution in [2.24, 2.45) is 0 Å². The van der Waals surface area contributed by atoms with Crippen LogP contribution in [0.25, 0.3) is 10.9 Å². The van der Waals surface area contributed by atoms with Crippen LogP contribution in [0.2, 0.25) is 0 Å². The van der Waals surface area contributed by atoms with Crippen molar-refractivity contribution in [1.82, 2.24) is 4.57 Å². The summed E-state index contributed by atoms with van der Waals surface area (Å²) in [5.74, 6) is -2.84. The molecule has 0 atom stereocenters.